The molecular formula is C22H18N4. The molecule has 0 aliphatic heterocycles. The Morgan fingerprint density at radius 3 is 2.42 bits per heavy atom. The Hall–Kier alpha value is -3.63. The molecule has 0 aliphatic rings. The third-order valence-corrected chi connectivity index (χ3v) is 4.30. The summed E-state index contributed by atoms with van der Waals surface area (Å²) in [5, 5.41) is 22.9. The van der Waals surface area contributed by atoms with Crippen LogP contribution in [0, 0.1) is 36.5 Å². The monoisotopic (exact) mass is 338 g/mol. The zero-order valence-electron chi connectivity index (χ0n) is 14.8. The van der Waals surface area contributed by atoms with Crippen LogP contribution < -0.4 is 0 Å². The van der Waals surface area contributed by atoms with Gasteiger partial charge in [-0.15, -0.1) is 0 Å². The number of benzene rings is 2. The number of nitrogens with zero attached hydrogens (tertiary/aromatic N) is 4. The van der Waals surface area contributed by atoms with Crippen molar-refractivity contribution in [1.82, 2.24) is 9.78 Å². The van der Waals surface area contributed by atoms with E-state index in [2.05, 4.69) is 26.0 Å². The lowest BCUT2D eigenvalue weighted by atomic mass is 10.0. The van der Waals surface area contributed by atoms with Crippen molar-refractivity contribution in [3.63, 3.8) is 0 Å². The molecule has 0 fully saturated rings. The maximum absolute atomic E-state index is 9.10. The highest BCUT2D eigenvalue weighted by atomic mass is 15.3. The van der Waals surface area contributed by atoms with Gasteiger partial charge in [-0.3, -0.25) is 4.68 Å². The molecule has 4 nitrogen and oxygen atoms in total. The average Bonchev–Trinajstić information content (AvgIpc) is 3.05. The van der Waals surface area contributed by atoms with Crippen molar-refractivity contribution >= 4 is 6.08 Å². The van der Waals surface area contributed by atoms with Crippen LogP contribution >= 0.6 is 0 Å². The molecule has 1 aromatic heterocycles. The largest absolute Gasteiger partial charge is 0.267 e. The Balaban J connectivity index is 2.08. The number of aryl methyl sites for hydroxylation is 2. The molecule has 0 aliphatic carbocycles. The van der Waals surface area contributed by atoms with Gasteiger partial charge in [-0.2, -0.15) is 15.6 Å². The zero-order valence-corrected chi connectivity index (χ0v) is 14.8. The van der Waals surface area contributed by atoms with Crippen molar-refractivity contribution in [2.75, 3.05) is 0 Å². The zero-order chi connectivity index (χ0) is 18.5. The van der Waals surface area contributed by atoms with E-state index in [-0.39, 0.29) is 5.57 Å². The van der Waals surface area contributed by atoms with Crippen molar-refractivity contribution in [3.05, 3.63) is 82.6 Å². The van der Waals surface area contributed by atoms with Gasteiger partial charge in [0.1, 0.15) is 17.7 Å². The van der Waals surface area contributed by atoms with Gasteiger partial charge in [0.15, 0.2) is 0 Å². The minimum Gasteiger partial charge on any atom is -0.267 e. The van der Waals surface area contributed by atoms with Crippen LogP contribution in [0.15, 0.2) is 60.3 Å². The number of aromatic nitrogens is 2. The van der Waals surface area contributed by atoms with Gasteiger partial charge in [0.2, 0.25) is 0 Å². The fourth-order valence-corrected chi connectivity index (χ4v) is 2.75. The van der Waals surface area contributed by atoms with Crippen LogP contribution in [0.5, 0.6) is 0 Å². The van der Waals surface area contributed by atoms with Crippen molar-refractivity contribution in [1.29, 1.82) is 10.5 Å². The molecule has 0 radical (unpaired) electrons. The molecule has 2 aromatic carbocycles. The van der Waals surface area contributed by atoms with Gasteiger partial charge in [0.25, 0.3) is 0 Å². The molecule has 3 aromatic rings. The van der Waals surface area contributed by atoms with Crippen molar-refractivity contribution < 1.29 is 0 Å². The second-order valence-electron chi connectivity index (χ2n) is 6.20. The van der Waals surface area contributed by atoms with Gasteiger partial charge < -0.3 is 0 Å². The number of hydrogen-bond acceptors (Lipinski definition) is 3. The molecule has 0 atom stereocenters. The normalized spacial score (nSPS) is 10.0. The van der Waals surface area contributed by atoms with E-state index in [1.807, 2.05) is 59.4 Å². The molecule has 0 unspecified atom stereocenters. The van der Waals surface area contributed by atoms with Crippen molar-refractivity contribution in [3.8, 4) is 23.4 Å². The molecule has 0 saturated heterocycles. The van der Waals surface area contributed by atoms with E-state index in [0.29, 0.717) is 6.54 Å². The third kappa shape index (κ3) is 3.71. The highest BCUT2D eigenvalue weighted by Gasteiger charge is 2.12. The number of nitriles is 2. The van der Waals surface area contributed by atoms with Crippen molar-refractivity contribution in [2.45, 2.75) is 20.4 Å². The van der Waals surface area contributed by atoms with Crippen LogP contribution in [0.2, 0.25) is 0 Å². The molecule has 0 N–H and O–H groups in total. The number of allylic oxidation sites excluding steroid dienone is 1. The molecule has 4 heteroatoms. The Morgan fingerprint density at radius 1 is 1.04 bits per heavy atom. The summed E-state index contributed by atoms with van der Waals surface area (Å²) in [6, 6.07) is 20.1. The summed E-state index contributed by atoms with van der Waals surface area (Å²) in [5.41, 5.74) is 6.10. The maximum atomic E-state index is 9.10. The lowest BCUT2D eigenvalue weighted by Gasteiger charge is -2.04. The maximum Gasteiger partial charge on any atom is 0.130 e. The standard InChI is InChI=1S/C22H18N4/c1-16-8-9-20(10-17(16)2)22-21(11-19(12-23)13-24)15-26(25-22)14-18-6-4-3-5-7-18/h3-11,15H,14H2,1-2H3. The van der Waals surface area contributed by atoms with Gasteiger partial charge in [0.05, 0.1) is 12.2 Å². The van der Waals surface area contributed by atoms with E-state index < -0.39 is 0 Å². The Kier molecular flexibility index (Phi) is 4.97. The number of rotatable bonds is 4. The van der Waals surface area contributed by atoms with E-state index in [0.717, 1.165) is 22.4 Å². The fraction of sp³-hybridized carbons (Fsp3) is 0.136. The van der Waals surface area contributed by atoms with Gasteiger partial charge in [-0.25, -0.2) is 0 Å². The molecule has 0 spiro atoms. The van der Waals surface area contributed by atoms with E-state index in [9.17, 15) is 0 Å². The summed E-state index contributed by atoms with van der Waals surface area (Å²) in [4.78, 5) is 0. The third-order valence-electron chi connectivity index (χ3n) is 4.30. The molecule has 0 amide bonds. The van der Waals surface area contributed by atoms with Gasteiger partial charge in [-0.05, 0) is 42.7 Å². The SMILES string of the molecule is Cc1ccc(-c2nn(Cc3ccccc3)cc2C=C(C#N)C#N)cc1C. The van der Waals surface area contributed by atoms with Crippen LogP contribution in [0.25, 0.3) is 17.3 Å². The predicted molar refractivity (Wildman–Crippen MR) is 102 cm³/mol. The second-order valence-corrected chi connectivity index (χ2v) is 6.20. The van der Waals surface area contributed by atoms with E-state index in [1.54, 1.807) is 6.08 Å². The first kappa shape index (κ1) is 17.2. The summed E-state index contributed by atoms with van der Waals surface area (Å²) in [6.07, 6.45) is 3.48. The Morgan fingerprint density at radius 2 is 1.77 bits per heavy atom. The quantitative estimate of drug-likeness (QED) is 0.651. The van der Waals surface area contributed by atoms with Crippen LogP contribution in [0.3, 0.4) is 0 Å². The summed E-state index contributed by atoms with van der Waals surface area (Å²) in [5.74, 6) is 0. The molecule has 0 saturated carbocycles. The van der Waals surface area contributed by atoms with E-state index >= 15 is 0 Å². The lowest BCUT2D eigenvalue weighted by Crippen LogP contribution is -2.00. The highest BCUT2D eigenvalue weighted by molar-refractivity contribution is 5.75. The van der Waals surface area contributed by atoms with Crippen LogP contribution in [0.4, 0.5) is 0 Å². The Labute approximate surface area is 153 Å². The fourth-order valence-electron chi connectivity index (χ4n) is 2.75. The minimum absolute atomic E-state index is 0.0642. The molecular weight excluding hydrogens is 320 g/mol. The van der Waals surface area contributed by atoms with E-state index in [1.165, 1.54) is 11.1 Å². The summed E-state index contributed by atoms with van der Waals surface area (Å²) in [6.45, 7) is 4.75. The van der Waals surface area contributed by atoms with Crippen LogP contribution in [0.1, 0.15) is 22.3 Å². The summed E-state index contributed by atoms with van der Waals surface area (Å²) < 4.78 is 1.85. The van der Waals surface area contributed by atoms with Gasteiger partial charge in [-0.1, -0.05) is 42.5 Å². The molecule has 0 bridgehead atoms. The lowest BCUT2D eigenvalue weighted by molar-refractivity contribution is 0.689. The smallest absolute Gasteiger partial charge is 0.130 e. The molecule has 26 heavy (non-hydrogen) atoms. The topological polar surface area (TPSA) is 65.4 Å². The first-order chi connectivity index (χ1) is 12.6. The molecule has 1 heterocycles. The van der Waals surface area contributed by atoms with Crippen LogP contribution in [-0.4, -0.2) is 9.78 Å². The highest BCUT2D eigenvalue weighted by Crippen LogP contribution is 2.26. The Bertz CT molecular complexity index is 1030. The molecule has 3 rings (SSSR count). The molecule has 126 valence electrons. The van der Waals surface area contributed by atoms with Crippen LogP contribution in [-0.2, 0) is 6.54 Å². The van der Waals surface area contributed by atoms with Crippen molar-refractivity contribution in [2.24, 2.45) is 0 Å². The second kappa shape index (κ2) is 7.51. The van der Waals surface area contributed by atoms with E-state index in [4.69, 9.17) is 15.6 Å². The summed E-state index contributed by atoms with van der Waals surface area (Å²) >= 11 is 0. The summed E-state index contributed by atoms with van der Waals surface area (Å²) in [7, 11) is 0. The minimum atomic E-state index is 0.0642. The predicted octanol–water partition coefficient (Wildman–Crippen LogP) is 4.65. The first-order valence-corrected chi connectivity index (χ1v) is 8.31. The number of hydrogen-bond donors (Lipinski definition) is 0. The first-order valence-electron chi connectivity index (χ1n) is 8.31. The van der Waals surface area contributed by atoms with Gasteiger partial charge in [0, 0.05) is 17.3 Å². The van der Waals surface area contributed by atoms with Gasteiger partial charge >= 0.3 is 0 Å². The average molecular weight is 338 g/mol.